The number of benzene rings is 2. The maximum atomic E-state index is 14.5. The van der Waals surface area contributed by atoms with Crippen molar-refractivity contribution in [3.63, 3.8) is 0 Å². The molecular formula is C20H24FNO2. The molecular weight excluding hydrogens is 305 g/mol. The summed E-state index contributed by atoms with van der Waals surface area (Å²) >= 11 is 0. The maximum Gasteiger partial charge on any atom is 0.165 e. The number of hydrogen-bond donors (Lipinski definition) is 1. The van der Waals surface area contributed by atoms with Crippen molar-refractivity contribution in [1.82, 2.24) is 5.32 Å². The zero-order valence-electron chi connectivity index (χ0n) is 14.2. The number of para-hydroxylation sites is 1. The van der Waals surface area contributed by atoms with Crippen LogP contribution in [0.15, 0.2) is 48.5 Å². The fourth-order valence-corrected chi connectivity index (χ4v) is 3.01. The topological polar surface area (TPSA) is 30.5 Å². The molecule has 1 N–H and O–H groups in total. The van der Waals surface area contributed by atoms with Crippen LogP contribution in [-0.4, -0.2) is 25.8 Å². The Morgan fingerprint density at radius 2 is 1.92 bits per heavy atom. The number of hydrogen-bond acceptors (Lipinski definition) is 3. The lowest BCUT2D eigenvalue weighted by Crippen LogP contribution is -2.43. The Morgan fingerprint density at radius 1 is 1.12 bits per heavy atom. The molecule has 0 aromatic heterocycles. The van der Waals surface area contributed by atoms with Crippen LogP contribution < -0.4 is 10.1 Å². The first-order valence-electron chi connectivity index (χ1n) is 8.49. The van der Waals surface area contributed by atoms with Crippen molar-refractivity contribution in [3.8, 4) is 5.75 Å². The Labute approximate surface area is 142 Å². The third kappa shape index (κ3) is 3.77. The van der Waals surface area contributed by atoms with Crippen molar-refractivity contribution < 1.29 is 13.9 Å². The maximum absolute atomic E-state index is 14.5. The molecule has 0 spiro atoms. The molecule has 128 valence electrons. The Kier molecular flexibility index (Phi) is 5.48. The monoisotopic (exact) mass is 329 g/mol. The standard InChI is InChI=1S/C20H24FNO2/c1-14(2)16-9-6-10-17(21)20(16)24-19(15-7-4-3-5-8-15)18-13-22-11-12-23-18/h3-10,14,18-19,22H,11-13H2,1-2H3/t18-,19-/m0/s1. The number of morpholine rings is 1. The van der Waals surface area contributed by atoms with Crippen molar-refractivity contribution in [3.05, 3.63) is 65.5 Å². The molecule has 0 unspecified atom stereocenters. The number of halogens is 1. The normalized spacial score (nSPS) is 19.2. The second-order valence-corrected chi connectivity index (χ2v) is 6.38. The number of nitrogens with one attached hydrogen (secondary N) is 1. The highest BCUT2D eigenvalue weighted by atomic mass is 19.1. The SMILES string of the molecule is CC(C)c1cccc(F)c1O[C@@H](c1ccccc1)[C@@H]1CNCCO1. The minimum Gasteiger partial charge on any atom is -0.480 e. The molecule has 2 atom stereocenters. The molecule has 1 fully saturated rings. The minimum absolute atomic E-state index is 0.152. The van der Waals surface area contributed by atoms with E-state index in [-0.39, 0.29) is 23.9 Å². The molecule has 1 saturated heterocycles. The third-order valence-electron chi connectivity index (χ3n) is 4.29. The lowest BCUT2D eigenvalue weighted by Gasteiger charge is -2.32. The van der Waals surface area contributed by atoms with Crippen LogP contribution in [0.2, 0.25) is 0 Å². The van der Waals surface area contributed by atoms with Gasteiger partial charge in [-0.3, -0.25) is 0 Å². The summed E-state index contributed by atoms with van der Waals surface area (Å²) in [5, 5.41) is 3.32. The van der Waals surface area contributed by atoms with Crippen LogP contribution in [0.1, 0.15) is 37.0 Å². The van der Waals surface area contributed by atoms with Gasteiger partial charge in [-0.1, -0.05) is 56.3 Å². The van der Waals surface area contributed by atoms with Gasteiger partial charge in [0.15, 0.2) is 17.7 Å². The van der Waals surface area contributed by atoms with Gasteiger partial charge in [-0.2, -0.15) is 0 Å². The van der Waals surface area contributed by atoms with Gasteiger partial charge < -0.3 is 14.8 Å². The summed E-state index contributed by atoms with van der Waals surface area (Å²) in [6.07, 6.45) is -0.505. The van der Waals surface area contributed by atoms with Crippen LogP contribution in [0.4, 0.5) is 4.39 Å². The molecule has 0 saturated carbocycles. The molecule has 2 aromatic carbocycles. The minimum atomic E-state index is -0.353. The van der Waals surface area contributed by atoms with Gasteiger partial charge in [0, 0.05) is 13.1 Å². The molecule has 3 nitrogen and oxygen atoms in total. The van der Waals surface area contributed by atoms with Gasteiger partial charge in [0.05, 0.1) is 6.61 Å². The summed E-state index contributed by atoms with van der Waals surface area (Å²) in [6.45, 7) is 6.22. The highest BCUT2D eigenvalue weighted by Crippen LogP contribution is 2.34. The average molecular weight is 329 g/mol. The Balaban J connectivity index is 1.95. The zero-order valence-corrected chi connectivity index (χ0v) is 14.2. The van der Waals surface area contributed by atoms with E-state index in [9.17, 15) is 4.39 Å². The van der Waals surface area contributed by atoms with Crippen LogP contribution in [0.25, 0.3) is 0 Å². The molecule has 3 rings (SSSR count). The van der Waals surface area contributed by atoms with E-state index in [4.69, 9.17) is 9.47 Å². The van der Waals surface area contributed by atoms with E-state index >= 15 is 0 Å². The van der Waals surface area contributed by atoms with Gasteiger partial charge >= 0.3 is 0 Å². The predicted octanol–water partition coefficient (Wildman–Crippen LogP) is 4.06. The first-order valence-corrected chi connectivity index (χ1v) is 8.49. The Bertz CT molecular complexity index is 654. The lowest BCUT2D eigenvalue weighted by molar-refractivity contribution is -0.0445. The summed E-state index contributed by atoms with van der Waals surface area (Å²) < 4.78 is 26.6. The largest absolute Gasteiger partial charge is 0.480 e. The Hall–Kier alpha value is -1.91. The van der Waals surface area contributed by atoms with E-state index in [0.29, 0.717) is 18.9 Å². The molecule has 2 aromatic rings. The summed E-state index contributed by atoms with van der Waals surface area (Å²) in [4.78, 5) is 0. The molecule has 1 aliphatic rings. The fraction of sp³-hybridized carbons (Fsp3) is 0.400. The molecule has 4 heteroatoms. The van der Waals surface area contributed by atoms with Crippen LogP contribution in [0.5, 0.6) is 5.75 Å². The van der Waals surface area contributed by atoms with Crippen LogP contribution in [-0.2, 0) is 4.74 Å². The summed E-state index contributed by atoms with van der Waals surface area (Å²) in [5.74, 6) is 0.180. The van der Waals surface area contributed by atoms with Gasteiger partial charge in [0.2, 0.25) is 0 Å². The molecule has 0 amide bonds. The summed E-state index contributed by atoms with van der Waals surface area (Å²) in [5.41, 5.74) is 1.86. The van der Waals surface area contributed by atoms with Crippen LogP contribution in [0.3, 0.4) is 0 Å². The van der Waals surface area contributed by atoms with E-state index in [1.807, 2.05) is 50.2 Å². The first-order chi connectivity index (χ1) is 11.7. The third-order valence-corrected chi connectivity index (χ3v) is 4.29. The van der Waals surface area contributed by atoms with E-state index in [2.05, 4.69) is 5.32 Å². The van der Waals surface area contributed by atoms with E-state index in [1.165, 1.54) is 6.07 Å². The van der Waals surface area contributed by atoms with Crippen molar-refractivity contribution >= 4 is 0 Å². The second kappa shape index (κ2) is 7.77. The fourth-order valence-electron chi connectivity index (χ4n) is 3.01. The molecule has 0 bridgehead atoms. The van der Waals surface area contributed by atoms with Crippen molar-refractivity contribution in [1.29, 1.82) is 0 Å². The average Bonchev–Trinajstić information content (AvgIpc) is 2.62. The number of rotatable bonds is 5. The van der Waals surface area contributed by atoms with Gasteiger partial charge in [0.1, 0.15) is 6.10 Å². The van der Waals surface area contributed by atoms with Gasteiger partial charge in [-0.25, -0.2) is 4.39 Å². The molecule has 0 aliphatic carbocycles. The van der Waals surface area contributed by atoms with Crippen molar-refractivity contribution in [2.24, 2.45) is 0 Å². The van der Waals surface area contributed by atoms with Crippen LogP contribution in [0, 0.1) is 5.82 Å². The van der Waals surface area contributed by atoms with Crippen LogP contribution >= 0.6 is 0 Å². The highest BCUT2D eigenvalue weighted by Gasteiger charge is 2.29. The molecule has 1 aliphatic heterocycles. The smallest absolute Gasteiger partial charge is 0.165 e. The van der Waals surface area contributed by atoms with E-state index < -0.39 is 0 Å². The van der Waals surface area contributed by atoms with Crippen molar-refractivity contribution in [2.45, 2.75) is 32.0 Å². The molecule has 0 radical (unpaired) electrons. The first kappa shape index (κ1) is 16.9. The summed E-state index contributed by atoms with van der Waals surface area (Å²) in [6, 6.07) is 15.0. The zero-order chi connectivity index (χ0) is 16.9. The Morgan fingerprint density at radius 3 is 2.58 bits per heavy atom. The number of ether oxygens (including phenoxy) is 2. The van der Waals surface area contributed by atoms with Gasteiger partial charge in [-0.15, -0.1) is 0 Å². The van der Waals surface area contributed by atoms with E-state index in [0.717, 1.165) is 17.7 Å². The molecule has 1 heterocycles. The molecule has 24 heavy (non-hydrogen) atoms. The quantitative estimate of drug-likeness (QED) is 0.897. The van der Waals surface area contributed by atoms with Gasteiger partial charge in [-0.05, 0) is 23.1 Å². The second-order valence-electron chi connectivity index (χ2n) is 6.38. The van der Waals surface area contributed by atoms with Gasteiger partial charge in [0.25, 0.3) is 0 Å². The van der Waals surface area contributed by atoms with E-state index in [1.54, 1.807) is 6.07 Å². The highest BCUT2D eigenvalue weighted by molar-refractivity contribution is 5.38. The summed E-state index contributed by atoms with van der Waals surface area (Å²) in [7, 11) is 0. The van der Waals surface area contributed by atoms with Crippen molar-refractivity contribution in [2.75, 3.05) is 19.7 Å². The predicted molar refractivity (Wildman–Crippen MR) is 92.9 cm³/mol. The lowest BCUT2D eigenvalue weighted by atomic mass is 10.00.